The molecule has 0 aromatic heterocycles. The van der Waals surface area contributed by atoms with Crippen molar-refractivity contribution >= 4 is 35.0 Å². The molecule has 1 saturated heterocycles. The zero-order chi connectivity index (χ0) is 19.0. The maximum Gasteiger partial charge on any atom is 0.229 e. The lowest BCUT2D eigenvalue weighted by molar-refractivity contribution is -0.129. The van der Waals surface area contributed by atoms with Gasteiger partial charge in [0.15, 0.2) is 0 Å². The Hall–Kier alpha value is -2.42. The van der Waals surface area contributed by atoms with Crippen molar-refractivity contribution < 1.29 is 4.79 Å². The van der Waals surface area contributed by atoms with Gasteiger partial charge < -0.3 is 4.90 Å². The third kappa shape index (κ3) is 3.31. The summed E-state index contributed by atoms with van der Waals surface area (Å²) in [6.45, 7) is 2.48. The van der Waals surface area contributed by atoms with Crippen LogP contribution in [0.5, 0.6) is 0 Å². The van der Waals surface area contributed by atoms with Gasteiger partial charge in [0.1, 0.15) is 0 Å². The Morgan fingerprint density at radius 2 is 1.93 bits per heavy atom. The number of amides is 1. The van der Waals surface area contributed by atoms with Gasteiger partial charge in [0.25, 0.3) is 0 Å². The van der Waals surface area contributed by atoms with E-state index < -0.39 is 0 Å². The Morgan fingerprint density at radius 3 is 2.63 bits per heavy atom. The molecular formula is C21H18ClN3OS. The van der Waals surface area contributed by atoms with E-state index in [1.54, 1.807) is 16.7 Å². The number of rotatable bonds is 2. The van der Waals surface area contributed by atoms with Gasteiger partial charge in [-0.2, -0.15) is 5.26 Å². The maximum atomic E-state index is 12.9. The van der Waals surface area contributed by atoms with Crippen LogP contribution >= 0.6 is 23.4 Å². The summed E-state index contributed by atoms with van der Waals surface area (Å²) >= 11 is 7.53. The molecule has 2 heterocycles. The van der Waals surface area contributed by atoms with Gasteiger partial charge in [-0.1, -0.05) is 47.6 Å². The van der Waals surface area contributed by atoms with Crippen LogP contribution in [-0.4, -0.2) is 23.4 Å². The molecule has 136 valence electrons. The minimum atomic E-state index is -0.162. The number of nitrogens with zero attached hydrogens (tertiary/aromatic N) is 3. The van der Waals surface area contributed by atoms with Crippen LogP contribution in [0.1, 0.15) is 23.5 Å². The topological polar surface area (TPSA) is 47.3 Å². The normalized spacial score (nSPS) is 19.7. The number of carbonyl (C=O) groups excluding carboxylic acids is 1. The van der Waals surface area contributed by atoms with Gasteiger partial charge in [0.2, 0.25) is 5.91 Å². The highest BCUT2D eigenvalue weighted by atomic mass is 35.5. The minimum Gasteiger partial charge on any atom is -0.344 e. The molecule has 2 aromatic carbocycles. The summed E-state index contributed by atoms with van der Waals surface area (Å²) in [5, 5.41) is 11.3. The van der Waals surface area contributed by atoms with E-state index in [0.29, 0.717) is 29.6 Å². The van der Waals surface area contributed by atoms with E-state index in [-0.39, 0.29) is 11.8 Å². The number of aryl methyl sites for hydroxylation is 1. The van der Waals surface area contributed by atoms with Crippen molar-refractivity contribution in [1.29, 1.82) is 5.26 Å². The molecule has 0 saturated carbocycles. The number of carbonyl (C=O) groups is 1. The number of fused-ring (bicyclic) bond motifs is 1. The summed E-state index contributed by atoms with van der Waals surface area (Å²) in [6, 6.07) is 18.0. The Labute approximate surface area is 168 Å². The fourth-order valence-corrected chi connectivity index (χ4v) is 4.91. The Balaban J connectivity index is 1.68. The maximum absolute atomic E-state index is 12.9. The van der Waals surface area contributed by atoms with Crippen molar-refractivity contribution in [3.63, 3.8) is 0 Å². The van der Waals surface area contributed by atoms with Crippen LogP contribution in [0.4, 0.5) is 5.69 Å². The molecule has 0 aliphatic carbocycles. The van der Waals surface area contributed by atoms with Crippen molar-refractivity contribution in [1.82, 2.24) is 4.90 Å². The second-order valence-corrected chi connectivity index (χ2v) is 8.07. The highest BCUT2D eigenvalue weighted by molar-refractivity contribution is 8.03. The quantitative estimate of drug-likeness (QED) is 0.727. The van der Waals surface area contributed by atoms with E-state index >= 15 is 0 Å². The Kier molecular flexibility index (Phi) is 4.86. The van der Waals surface area contributed by atoms with Crippen LogP contribution in [0.25, 0.3) is 0 Å². The standard InChI is InChI=1S/C21H18ClN3OS/c1-14-4-2-3-5-17(14)18-10-20(26)25-12-24(13-27-21(25)19(18)11-23)16-8-6-15(22)7-9-16/h2-9,18H,10,12-13H2,1H3/t18-/m1/s1. The summed E-state index contributed by atoms with van der Waals surface area (Å²) in [4.78, 5) is 16.8. The van der Waals surface area contributed by atoms with E-state index in [0.717, 1.165) is 21.8 Å². The third-order valence-electron chi connectivity index (χ3n) is 5.05. The first kappa shape index (κ1) is 18.0. The third-order valence-corrected chi connectivity index (χ3v) is 6.46. The molecule has 2 aliphatic rings. The molecule has 2 aromatic rings. The Morgan fingerprint density at radius 1 is 1.19 bits per heavy atom. The Bertz CT molecular complexity index is 964. The average Bonchev–Trinajstić information content (AvgIpc) is 2.69. The predicted molar refractivity (Wildman–Crippen MR) is 109 cm³/mol. The lowest BCUT2D eigenvalue weighted by atomic mass is 9.84. The molecule has 1 amide bonds. The van der Waals surface area contributed by atoms with E-state index in [2.05, 4.69) is 11.0 Å². The van der Waals surface area contributed by atoms with Crippen LogP contribution in [-0.2, 0) is 4.79 Å². The SMILES string of the molecule is Cc1ccccc1[C@H]1CC(=O)N2CN(c3ccc(Cl)cc3)CSC2=C1C#N. The number of halogens is 1. The van der Waals surface area contributed by atoms with E-state index in [1.165, 1.54) is 0 Å². The van der Waals surface area contributed by atoms with Crippen LogP contribution in [0, 0.1) is 18.3 Å². The molecule has 0 spiro atoms. The van der Waals surface area contributed by atoms with Gasteiger partial charge in [-0.15, -0.1) is 0 Å². The van der Waals surface area contributed by atoms with Gasteiger partial charge >= 0.3 is 0 Å². The molecule has 4 rings (SSSR count). The first-order chi connectivity index (χ1) is 13.1. The molecule has 6 heteroatoms. The molecule has 1 atom stereocenters. The minimum absolute atomic E-state index is 0.0587. The number of nitriles is 1. The number of allylic oxidation sites excluding steroid dienone is 1. The monoisotopic (exact) mass is 395 g/mol. The lowest BCUT2D eigenvalue weighted by Gasteiger charge is -2.42. The summed E-state index contributed by atoms with van der Waals surface area (Å²) in [7, 11) is 0. The van der Waals surface area contributed by atoms with Crippen LogP contribution in [0.2, 0.25) is 5.02 Å². The largest absolute Gasteiger partial charge is 0.344 e. The van der Waals surface area contributed by atoms with Gasteiger partial charge in [-0.05, 0) is 42.3 Å². The second-order valence-electron chi connectivity index (χ2n) is 6.70. The smallest absolute Gasteiger partial charge is 0.229 e. The van der Waals surface area contributed by atoms with Crippen molar-refractivity contribution in [3.8, 4) is 6.07 Å². The van der Waals surface area contributed by atoms with Gasteiger partial charge in [-0.3, -0.25) is 9.69 Å². The number of thioether (sulfide) groups is 1. The predicted octanol–water partition coefficient (Wildman–Crippen LogP) is 4.87. The zero-order valence-electron chi connectivity index (χ0n) is 14.9. The molecule has 0 radical (unpaired) electrons. The lowest BCUT2D eigenvalue weighted by Crippen LogP contribution is -2.47. The molecule has 0 unspecified atom stereocenters. The van der Waals surface area contributed by atoms with E-state index in [9.17, 15) is 10.1 Å². The molecule has 27 heavy (non-hydrogen) atoms. The fraction of sp³-hybridized carbons (Fsp3) is 0.238. The van der Waals surface area contributed by atoms with Crippen molar-refractivity contribution in [3.05, 3.63) is 75.3 Å². The van der Waals surface area contributed by atoms with Crippen molar-refractivity contribution in [2.45, 2.75) is 19.3 Å². The highest BCUT2D eigenvalue weighted by Crippen LogP contribution is 2.43. The first-order valence-corrected chi connectivity index (χ1v) is 10.1. The summed E-state index contributed by atoms with van der Waals surface area (Å²) in [5.41, 5.74) is 3.89. The fourth-order valence-electron chi connectivity index (χ4n) is 3.62. The summed E-state index contributed by atoms with van der Waals surface area (Å²) in [5.74, 6) is 0.583. The number of hydrogen-bond donors (Lipinski definition) is 0. The van der Waals surface area contributed by atoms with Crippen LogP contribution in [0.15, 0.2) is 59.1 Å². The molecule has 4 nitrogen and oxygen atoms in total. The average molecular weight is 396 g/mol. The van der Waals surface area contributed by atoms with E-state index in [4.69, 9.17) is 11.6 Å². The van der Waals surface area contributed by atoms with Gasteiger partial charge in [-0.25, -0.2) is 0 Å². The zero-order valence-corrected chi connectivity index (χ0v) is 16.4. The highest BCUT2D eigenvalue weighted by Gasteiger charge is 2.38. The molecule has 0 N–H and O–H groups in total. The van der Waals surface area contributed by atoms with E-state index in [1.807, 2.05) is 55.5 Å². The number of benzene rings is 2. The van der Waals surface area contributed by atoms with Crippen molar-refractivity contribution in [2.24, 2.45) is 0 Å². The summed E-state index contributed by atoms with van der Waals surface area (Å²) in [6.07, 6.45) is 0.326. The molecule has 0 bridgehead atoms. The number of anilines is 1. The first-order valence-electron chi connectivity index (χ1n) is 8.72. The number of hydrogen-bond acceptors (Lipinski definition) is 4. The molecule has 1 fully saturated rings. The van der Waals surface area contributed by atoms with Gasteiger partial charge in [0, 0.05) is 23.0 Å². The second kappa shape index (κ2) is 7.30. The van der Waals surface area contributed by atoms with Crippen molar-refractivity contribution in [2.75, 3.05) is 17.4 Å². The summed E-state index contributed by atoms with van der Waals surface area (Å²) < 4.78 is 0. The van der Waals surface area contributed by atoms with Gasteiger partial charge in [0.05, 0.1) is 29.2 Å². The van der Waals surface area contributed by atoms with Crippen LogP contribution in [0.3, 0.4) is 0 Å². The molecular weight excluding hydrogens is 378 g/mol. The van der Waals surface area contributed by atoms with Crippen LogP contribution < -0.4 is 4.90 Å². The molecule has 2 aliphatic heterocycles.